The van der Waals surface area contributed by atoms with E-state index in [9.17, 15) is 24.1 Å². The van der Waals surface area contributed by atoms with Gasteiger partial charge in [0.1, 0.15) is 0 Å². The summed E-state index contributed by atoms with van der Waals surface area (Å²) in [7, 11) is 0. The predicted octanol–water partition coefficient (Wildman–Crippen LogP) is 4.38. The van der Waals surface area contributed by atoms with Crippen LogP contribution >= 0.6 is 0 Å². The minimum absolute atomic E-state index is 0.133. The molecule has 3 aromatic rings. The van der Waals surface area contributed by atoms with Gasteiger partial charge in [-0.1, -0.05) is 36.4 Å². The van der Waals surface area contributed by atoms with Gasteiger partial charge in [0.25, 0.3) is 5.91 Å². The highest BCUT2D eigenvalue weighted by Gasteiger charge is 2.30. The molecule has 1 fully saturated rings. The first-order valence-electron chi connectivity index (χ1n) is 9.96. The fourth-order valence-electron chi connectivity index (χ4n) is 3.93. The number of rotatable bonds is 4. The molecule has 3 aromatic carbocycles. The standard InChI is InChI=1S/C23H20FN3O4/c24-20-11-10-17(13-21(20)27(30)31)25-22(28)16-7-4-12-26(14-16)23(29)19-9-3-6-15-5-1-2-8-18(15)19/h1-3,5-6,8-11,13,16H,4,7,12,14H2,(H,25,28). The van der Waals surface area contributed by atoms with Gasteiger partial charge >= 0.3 is 5.69 Å². The largest absolute Gasteiger partial charge is 0.338 e. The highest BCUT2D eigenvalue weighted by atomic mass is 19.1. The lowest BCUT2D eigenvalue weighted by Gasteiger charge is -2.32. The Morgan fingerprint density at radius 2 is 1.87 bits per heavy atom. The van der Waals surface area contributed by atoms with Gasteiger partial charge in [0.15, 0.2) is 0 Å². The van der Waals surface area contributed by atoms with Gasteiger partial charge in [-0.15, -0.1) is 0 Å². The van der Waals surface area contributed by atoms with Gasteiger partial charge < -0.3 is 10.2 Å². The van der Waals surface area contributed by atoms with Crippen LogP contribution in [0.4, 0.5) is 15.8 Å². The molecular formula is C23H20FN3O4. The maximum atomic E-state index is 13.5. The smallest absolute Gasteiger partial charge is 0.306 e. The van der Waals surface area contributed by atoms with Gasteiger partial charge in [-0.25, -0.2) is 0 Å². The molecule has 4 rings (SSSR count). The molecule has 1 saturated heterocycles. The summed E-state index contributed by atoms with van der Waals surface area (Å²) >= 11 is 0. The average molecular weight is 421 g/mol. The third-order valence-corrected chi connectivity index (χ3v) is 5.51. The molecule has 1 aliphatic rings. The first-order chi connectivity index (χ1) is 14.9. The summed E-state index contributed by atoms with van der Waals surface area (Å²) in [6, 6.07) is 16.4. The number of nitrogens with zero attached hydrogens (tertiary/aromatic N) is 2. The molecule has 1 N–H and O–H groups in total. The second-order valence-corrected chi connectivity index (χ2v) is 7.53. The Morgan fingerprint density at radius 1 is 1.10 bits per heavy atom. The van der Waals surface area contributed by atoms with Gasteiger partial charge in [-0.2, -0.15) is 4.39 Å². The van der Waals surface area contributed by atoms with E-state index >= 15 is 0 Å². The van der Waals surface area contributed by atoms with Crippen LogP contribution in [0.3, 0.4) is 0 Å². The number of carbonyl (C=O) groups is 2. The molecule has 0 bridgehead atoms. The van der Waals surface area contributed by atoms with E-state index in [1.165, 1.54) is 6.07 Å². The first kappa shape index (κ1) is 20.5. The van der Waals surface area contributed by atoms with Crippen LogP contribution in [0.5, 0.6) is 0 Å². The number of anilines is 1. The van der Waals surface area contributed by atoms with Crippen molar-refractivity contribution in [2.75, 3.05) is 18.4 Å². The molecule has 0 radical (unpaired) electrons. The Hall–Kier alpha value is -3.81. The van der Waals surface area contributed by atoms with Gasteiger partial charge in [-0.05, 0) is 41.8 Å². The van der Waals surface area contributed by atoms with E-state index in [1.807, 2.05) is 36.4 Å². The maximum absolute atomic E-state index is 13.5. The lowest BCUT2D eigenvalue weighted by molar-refractivity contribution is -0.387. The summed E-state index contributed by atoms with van der Waals surface area (Å²) in [6.07, 6.45) is 1.26. The zero-order chi connectivity index (χ0) is 22.0. The van der Waals surface area contributed by atoms with Crippen molar-refractivity contribution in [3.8, 4) is 0 Å². The quantitative estimate of drug-likeness (QED) is 0.500. The number of halogens is 1. The van der Waals surface area contributed by atoms with E-state index in [0.717, 1.165) is 22.9 Å². The van der Waals surface area contributed by atoms with E-state index in [4.69, 9.17) is 0 Å². The maximum Gasteiger partial charge on any atom is 0.306 e. The molecule has 1 unspecified atom stereocenters. The highest BCUT2D eigenvalue weighted by molar-refractivity contribution is 6.07. The summed E-state index contributed by atoms with van der Waals surface area (Å²) in [5.74, 6) is -1.91. The molecule has 7 nitrogen and oxygen atoms in total. The Labute approximate surface area is 177 Å². The number of hydrogen-bond acceptors (Lipinski definition) is 4. The van der Waals surface area contributed by atoms with Crippen LogP contribution in [0.25, 0.3) is 10.8 Å². The third kappa shape index (κ3) is 4.23. The van der Waals surface area contributed by atoms with Crippen molar-refractivity contribution in [3.63, 3.8) is 0 Å². The molecule has 0 aliphatic carbocycles. The number of fused-ring (bicyclic) bond motifs is 1. The average Bonchev–Trinajstić information content (AvgIpc) is 2.79. The van der Waals surface area contributed by atoms with E-state index in [-0.39, 0.29) is 24.0 Å². The second-order valence-electron chi connectivity index (χ2n) is 7.53. The minimum Gasteiger partial charge on any atom is -0.338 e. The molecule has 2 amide bonds. The molecule has 8 heteroatoms. The van der Waals surface area contributed by atoms with Gasteiger partial charge in [0.2, 0.25) is 11.7 Å². The van der Waals surface area contributed by atoms with Crippen molar-refractivity contribution in [2.24, 2.45) is 5.92 Å². The number of piperidine rings is 1. The zero-order valence-electron chi connectivity index (χ0n) is 16.6. The number of amides is 2. The van der Waals surface area contributed by atoms with Crippen molar-refractivity contribution in [1.29, 1.82) is 0 Å². The van der Waals surface area contributed by atoms with Crippen molar-refractivity contribution in [2.45, 2.75) is 12.8 Å². The molecule has 0 aromatic heterocycles. The number of carbonyl (C=O) groups excluding carboxylic acids is 2. The molecule has 1 atom stereocenters. The van der Waals surface area contributed by atoms with Crippen molar-refractivity contribution in [1.82, 2.24) is 4.90 Å². The Morgan fingerprint density at radius 3 is 2.68 bits per heavy atom. The number of hydrogen-bond donors (Lipinski definition) is 1. The Kier molecular flexibility index (Phi) is 5.62. The number of nitro groups is 1. The third-order valence-electron chi connectivity index (χ3n) is 5.51. The van der Waals surface area contributed by atoms with Gasteiger partial charge in [-0.3, -0.25) is 19.7 Å². The predicted molar refractivity (Wildman–Crippen MR) is 114 cm³/mol. The van der Waals surface area contributed by atoms with Crippen LogP contribution in [0.2, 0.25) is 0 Å². The van der Waals surface area contributed by atoms with Crippen LogP contribution in [0.15, 0.2) is 60.7 Å². The van der Waals surface area contributed by atoms with Gasteiger partial charge in [0, 0.05) is 30.4 Å². The molecule has 1 heterocycles. The van der Waals surface area contributed by atoms with Crippen molar-refractivity contribution in [3.05, 3.63) is 82.2 Å². The minimum atomic E-state index is -0.965. The van der Waals surface area contributed by atoms with Crippen LogP contribution in [-0.2, 0) is 4.79 Å². The lowest BCUT2D eigenvalue weighted by atomic mass is 9.95. The fourth-order valence-corrected chi connectivity index (χ4v) is 3.93. The highest BCUT2D eigenvalue weighted by Crippen LogP contribution is 2.26. The Bertz CT molecular complexity index is 1180. The first-order valence-corrected chi connectivity index (χ1v) is 9.96. The van der Waals surface area contributed by atoms with Crippen LogP contribution in [-0.4, -0.2) is 34.7 Å². The second kappa shape index (κ2) is 8.51. The molecular weight excluding hydrogens is 401 g/mol. The molecule has 0 spiro atoms. The van der Waals surface area contributed by atoms with E-state index < -0.39 is 22.3 Å². The summed E-state index contributed by atoms with van der Waals surface area (Å²) in [4.78, 5) is 37.7. The lowest BCUT2D eigenvalue weighted by Crippen LogP contribution is -2.43. The van der Waals surface area contributed by atoms with Crippen LogP contribution < -0.4 is 5.32 Å². The molecule has 1 aliphatic heterocycles. The normalized spacial score (nSPS) is 16.2. The van der Waals surface area contributed by atoms with Gasteiger partial charge in [0.05, 0.1) is 10.8 Å². The summed E-state index contributed by atoms with van der Waals surface area (Å²) in [6.45, 7) is 0.797. The molecule has 158 valence electrons. The van der Waals surface area contributed by atoms with E-state index in [0.29, 0.717) is 24.9 Å². The van der Waals surface area contributed by atoms with Crippen molar-refractivity contribution >= 4 is 34.0 Å². The monoisotopic (exact) mass is 421 g/mol. The topological polar surface area (TPSA) is 92.5 Å². The van der Waals surface area contributed by atoms with Crippen LogP contribution in [0, 0.1) is 21.8 Å². The summed E-state index contributed by atoms with van der Waals surface area (Å²) in [5.41, 5.74) is 0.0399. The van der Waals surface area contributed by atoms with E-state index in [2.05, 4.69) is 5.32 Å². The van der Waals surface area contributed by atoms with Crippen molar-refractivity contribution < 1.29 is 18.9 Å². The summed E-state index contributed by atoms with van der Waals surface area (Å²) < 4.78 is 13.5. The zero-order valence-corrected chi connectivity index (χ0v) is 16.6. The van der Waals surface area contributed by atoms with E-state index in [1.54, 1.807) is 11.0 Å². The number of likely N-dealkylation sites (tertiary alicyclic amines) is 1. The van der Waals surface area contributed by atoms with Crippen LogP contribution in [0.1, 0.15) is 23.2 Å². The number of nitro benzene ring substituents is 1. The summed E-state index contributed by atoms with van der Waals surface area (Å²) in [5, 5.41) is 15.4. The molecule has 0 saturated carbocycles. The molecule has 31 heavy (non-hydrogen) atoms. The SMILES string of the molecule is O=C(Nc1ccc(F)c([N+](=O)[O-])c1)C1CCCN(C(=O)c2cccc3ccccc23)C1. The number of benzene rings is 3. The Balaban J connectivity index is 1.49. The number of nitrogens with one attached hydrogen (secondary N) is 1. The fraction of sp³-hybridized carbons (Fsp3) is 0.217.